The second kappa shape index (κ2) is 7.80. The van der Waals surface area contributed by atoms with Crippen molar-refractivity contribution in [1.82, 2.24) is 9.88 Å². The molecule has 0 atom stereocenters. The molecule has 0 saturated carbocycles. The molecule has 0 aliphatic heterocycles. The topological polar surface area (TPSA) is 118 Å². The van der Waals surface area contributed by atoms with Crippen LogP contribution in [0.2, 0.25) is 5.02 Å². The number of benzene rings is 2. The van der Waals surface area contributed by atoms with Crippen molar-refractivity contribution < 1.29 is 28.9 Å². The minimum absolute atomic E-state index is 0.120. The first-order valence-electron chi connectivity index (χ1n) is 8.17. The van der Waals surface area contributed by atoms with Gasteiger partial charge in [-0.3, -0.25) is 14.4 Å². The normalized spacial score (nSPS) is 10.7. The van der Waals surface area contributed by atoms with Gasteiger partial charge in [0.2, 0.25) is 0 Å². The fraction of sp³-hybridized carbons (Fsp3) is 0.105. The first-order chi connectivity index (χ1) is 13.7. The number of aromatic hydroxyl groups is 1. The van der Waals surface area contributed by atoms with Crippen molar-refractivity contribution in [1.29, 1.82) is 0 Å². The largest absolute Gasteiger partial charge is 0.506 e. The predicted octanol–water partition coefficient (Wildman–Crippen LogP) is 2.64. The molecule has 3 rings (SSSR count). The fourth-order valence-corrected chi connectivity index (χ4v) is 2.86. The van der Waals surface area contributed by atoms with Crippen molar-refractivity contribution in [3.8, 4) is 17.2 Å². The maximum Gasteiger partial charge on any atom is 0.322 e. The van der Waals surface area contributed by atoms with Crippen LogP contribution in [0.3, 0.4) is 0 Å². The number of carbonyl (C=O) groups is 2. The van der Waals surface area contributed by atoms with Crippen LogP contribution in [0.15, 0.2) is 41.2 Å². The molecular formula is C19H14ClFN2O6. The smallest absolute Gasteiger partial charge is 0.322 e. The molecule has 0 saturated heterocycles. The van der Waals surface area contributed by atoms with E-state index in [1.807, 2.05) is 5.32 Å². The highest BCUT2D eigenvalue weighted by atomic mass is 35.5. The van der Waals surface area contributed by atoms with E-state index in [4.69, 9.17) is 21.4 Å². The lowest BCUT2D eigenvalue weighted by molar-refractivity contribution is -0.135. The van der Waals surface area contributed by atoms with E-state index in [0.717, 1.165) is 10.6 Å². The van der Waals surface area contributed by atoms with Gasteiger partial charge in [0.1, 0.15) is 35.2 Å². The van der Waals surface area contributed by atoms with Gasteiger partial charge in [-0.05, 0) is 24.3 Å². The first kappa shape index (κ1) is 20.2. The van der Waals surface area contributed by atoms with Crippen LogP contribution in [0.4, 0.5) is 4.39 Å². The molecule has 1 heterocycles. The Morgan fingerprint density at radius 3 is 2.52 bits per heavy atom. The molecule has 0 aliphatic carbocycles. The van der Waals surface area contributed by atoms with Crippen LogP contribution < -0.4 is 15.6 Å². The Kier molecular flexibility index (Phi) is 5.42. The average molecular weight is 421 g/mol. The minimum Gasteiger partial charge on any atom is -0.506 e. The van der Waals surface area contributed by atoms with E-state index in [9.17, 15) is 23.9 Å². The first-order valence-corrected chi connectivity index (χ1v) is 8.55. The number of rotatable bonds is 5. The number of aliphatic carboxylic acids is 1. The average Bonchev–Trinajstić information content (AvgIpc) is 2.67. The zero-order valence-electron chi connectivity index (χ0n) is 14.9. The number of halogens is 2. The number of amides is 1. The molecule has 0 bridgehead atoms. The molecule has 3 N–H and O–H groups in total. The van der Waals surface area contributed by atoms with Gasteiger partial charge in [-0.25, -0.2) is 4.39 Å². The van der Waals surface area contributed by atoms with Crippen molar-refractivity contribution in [3.05, 3.63) is 63.2 Å². The Labute approximate surface area is 167 Å². The molecule has 0 aliphatic rings. The van der Waals surface area contributed by atoms with E-state index >= 15 is 0 Å². The van der Waals surface area contributed by atoms with Gasteiger partial charge in [-0.15, -0.1) is 0 Å². The summed E-state index contributed by atoms with van der Waals surface area (Å²) in [6.45, 7) is -0.702. The molecule has 0 spiro atoms. The van der Waals surface area contributed by atoms with Crippen molar-refractivity contribution in [2.24, 2.45) is 7.05 Å². The van der Waals surface area contributed by atoms with E-state index in [1.165, 1.54) is 37.4 Å². The highest BCUT2D eigenvalue weighted by molar-refractivity contribution is 6.30. The Balaban J connectivity index is 2.03. The van der Waals surface area contributed by atoms with E-state index in [-0.39, 0.29) is 27.4 Å². The van der Waals surface area contributed by atoms with Crippen LogP contribution in [0.25, 0.3) is 10.9 Å². The molecule has 150 valence electrons. The summed E-state index contributed by atoms with van der Waals surface area (Å²) in [6, 6.07) is 8.15. The van der Waals surface area contributed by atoms with Gasteiger partial charge in [0.15, 0.2) is 0 Å². The summed E-state index contributed by atoms with van der Waals surface area (Å²) in [5.41, 5.74) is -1.13. The maximum atomic E-state index is 13.3. The SMILES string of the molecule is Cn1c(=O)c(C(=O)NCC(=O)O)c(O)c2ccc(Oc3ccc(F)c(Cl)c3)cc21. The fourth-order valence-electron chi connectivity index (χ4n) is 2.69. The highest BCUT2D eigenvalue weighted by Gasteiger charge is 2.22. The van der Waals surface area contributed by atoms with E-state index in [1.54, 1.807) is 0 Å². The number of pyridine rings is 1. The van der Waals surface area contributed by atoms with Crippen LogP contribution in [0.5, 0.6) is 17.2 Å². The Morgan fingerprint density at radius 1 is 1.21 bits per heavy atom. The standard InChI is InChI=1S/C19H14ClFN2O6/c1-23-14-7-10(29-9-3-5-13(21)12(20)6-9)2-4-11(14)17(26)16(19(23)28)18(27)22-8-15(24)25/h2-7,26H,8H2,1H3,(H,22,27)(H,24,25). The van der Waals surface area contributed by atoms with Crippen LogP contribution in [0, 0.1) is 5.82 Å². The van der Waals surface area contributed by atoms with Gasteiger partial charge in [0.05, 0.1) is 10.5 Å². The molecule has 1 amide bonds. The zero-order valence-corrected chi connectivity index (χ0v) is 15.7. The quantitative estimate of drug-likeness (QED) is 0.584. The Hall–Kier alpha value is -3.59. The van der Waals surface area contributed by atoms with Crippen LogP contribution in [-0.2, 0) is 11.8 Å². The zero-order chi connectivity index (χ0) is 21.3. The van der Waals surface area contributed by atoms with Gasteiger partial charge in [0.25, 0.3) is 11.5 Å². The predicted molar refractivity (Wildman–Crippen MR) is 102 cm³/mol. The molecular weight excluding hydrogens is 407 g/mol. The van der Waals surface area contributed by atoms with Crippen molar-refractivity contribution in [2.45, 2.75) is 0 Å². The third-order valence-electron chi connectivity index (χ3n) is 4.09. The molecule has 0 unspecified atom stereocenters. The molecule has 2 aromatic carbocycles. The Bertz CT molecular complexity index is 1210. The summed E-state index contributed by atoms with van der Waals surface area (Å²) in [5, 5.41) is 21.2. The second-order valence-electron chi connectivity index (χ2n) is 6.02. The second-order valence-corrected chi connectivity index (χ2v) is 6.43. The summed E-state index contributed by atoms with van der Waals surface area (Å²) in [6.07, 6.45) is 0. The molecule has 3 aromatic rings. The number of fused-ring (bicyclic) bond motifs is 1. The lowest BCUT2D eigenvalue weighted by Gasteiger charge is -2.13. The van der Waals surface area contributed by atoms with Crippen LogP contribution >= 0.6 is 11.6 Å². The number of hydrogen-bond donors (Lipinski definition) is 3. The van der Waals surface area contributed by atoms with Gasteiger partial charge < -0.3 is 24.8 Å². The number of carbonyl (C=O) groups excluding carboxylic acids is 1. The molecule has 10 heteroatoms. The van der Waals surface area contributed by atoms with Gasteiger partial charge in [-0.1, -0.05) is 11.6 Å². The van der Waals surface area contributed by atoms with Crippen LogP contribution in [-0.4, -0.2) is 33.2 Å². The monoisotopic (exact) mass is 420 g/mol. The molecule has 0 radical (unpaired) electrons. The summed E-state index contributed by atoms with van der Waals surface area (Å²) < 4.78 is 20.0. The highest BCUT2D eigenvalue weighted by Crippen LogP contribution is 2.32. The molecule has 0 fully saturated rings. The maximum absolute atomic E-state index is 13.3. The number of nitrogens with zero attached hydrogens (tertiary/aromatic N) is 1. The molecule has 29 heavy (non-hydrogen) atoms. The summed E-state index contributed by atoms with van der Waals surface area (Å²) in [5.74, 6) is -2.94. The van der Waals surface area contributed by atoms with E-state index in [2.05, 4.69) is 0 Å². The number of carboxylic acids is 1. The van der Waals surface area contributed by atoms with Gasteiger partial charge in [0, 0.05) is 24.6 Å². The number of ether oxygens (including phenoxy) is 1. The van der Waals surface area contributed by atoms with Crippen molar-refractivity contribution in [3.63, 3.8) is 0 Å². The lowest BCUT2D eigenvalue weighted by Crippen LogP contribution is -2.35. The van der Waals surface area contributed by atoms with Crippen molar-refractivity contribution >= 4 is 34.4 Å². The summed E-state index contributed by atoms with van der Waals surface area (Å²) in [4.78, 5) is 35.3. The molecule has 8 nitrogen and oxygen atoms in total. The lowest BCUT2D eigenvalue weighted by atomic mass is 10.1. The summed E-state index contributed by atoms with van der Waals surface area (Å²) in [7, 11) is 1.39. The number of carboxylic acid groups (broad SMARTS) is 1. The molecule has 1 aromatic heterocycles. The third kappa shape index (κ3) is 3.99. The van der Waals surface area contributed by atoms with Crippen molar-refractivity contribution in [2.75, 3.05) is 6.54 Å². The van der Waals surface area contributed by atoms with Crippen LogP contribution in [0.1, 0.15) is 10.4 Å². The number of nitrogens with one attached hydrogen (secondary N) is 1. The van der Waals surface area contributed by atoms with Gasteiger partial charge >= 0.3 is 5.97 Å². The van der Waals surface area contributed by atoms with Gasteiger partial charge in [-0.2, -0.15) is 0 Å². The van der Waals surface area contributed by atoms with E-state index < -0.39 is 41.1 Å². The number of aryl methyl sites for hydroxylation is 1. The third-order valence-corrected chi connectivity index (χ3v) is 4.38. The minimum atomic E-state index is -1.29. The number of hydrogen-bond acceptors (Lipinski definition) is 5. The van der Waals surface area contributed by atoms with E-state index in [0.29, 0.717) is 0 Å². The Morgan fingerprint density at radius 2 is 1.86 bits per heavy atom. The number of aromatic nitrogens is 1. The summed E-state index contributed by atoms with van der Waals surface area (Å²) >= 11 is 5.73.